The number of nitrogens with one attached hydrogen (secondary N) is 1. The molecule has 1 heterocycles. The summed E-state index contributed by atoms with van der Waals surface area (Å²) >= 11 is 0. The Kier molecular flexibility index (Phi) is 6.49. The predicted molar refractivity (Wildman–Crippen MR) is 89.3 cm³/mol. The van der Waals surface area contributed by atoms with Gasteiger partial charge < -0.3 is 25.3 Å². The third-order valence-electron chi connectivity index (χ3n) is 4.12. The van der Waals surface area contributed by atoms with Gasteiger partial charge in [-0.2, -0.15) is 0 Å². The fourth-order valence-corrected chi connectivity index (χ4v) is 2.69. The van der Waals surface area contributed by atoms with E-state index in [1.54, 1.807) is 0 Å². The van der Waals surface area contributed by atoms with E-state index >= 15 is 0 Å². The quantitative estimate of drug-likeness (QED) is 0.759. The van der Waals surface area contributed by atoms with Gasteiger partial charge in [-0.1, -0.05) is 0 Å². The molecule has 2 rings (SSSR count). The number of carbonyl (C=O) groups is 3. The number of rotatable bonds is 5. The van der Waals surface area contributed by atoms with Crippen LogP contribution in [0.3, 0.4) is 0 Å². The first-order valence-corrected chi connectivity index (χ1v) is 7.92. The minimum absolute atomic E-state index is 0.0256. The van der Waals surface area contributed by atoms with Crippen molar-refractivity contribution in [1.29, 1.82) is 0 Å². The van der Waals surface area contributed by atoms with Gasteiger partial charge >= 0.3 is 11.9 Å². The molecule has 0 radical (unpaired) electrons. The second kappa shape index (κ2) is 8.59. The van der Waals surface area contributed by atoms with E-state index in [0.717, 1.165) is 0 Å². The van der Waals surface area contributed by atoms with Crippen LogP contribution in [-0.4, -0.2) is 51.3 Å². The van der Waals surface area contributed by atoms with Crippen LogP contribution >= 0.6 is 0 Å². The molecule has 1 atom stereocenters. The third kappa shape index (κ3) is 4.77. The van der Waals surface area contributed by atoms with Gasteiger partial charge in [0.15, 0.2) is 0 Å². The summed E-state index contributed by atoms with van der Waals surface area (Å²) in [7, 11) is 2.46. The highest BCUT2D eigenvalue weighted by molar-refractivity contribution is 6.00. The van der Waals surface area contributed by atoms with Crippen molar-refractivity contribution in [2.24, 2.45) is 11.7 Å². The Morgan fingerprint density at radius 2 is 1.60 bits per heavy atom. The van der Waals surface area contributed by atoms with Gasteiger partial charge in [0.05, 0.1) is 31.4 Å². The highest BCUT2D eigenvalue weighted by atomic mass is 16.5. The molecule has 0 saturated carbocycles. The number of carbonyl (C=O) groups excluding carboxylic acids is 3. The molecule has 1 amide bonds. The number of methoxy groups -OCH3 is 2. The Hall–Kier alpha value is -2.45. The molecule has 1 aliphatic heterocycles. The Balaban J connectivity index is 2.20. The number of hydrogen-bond donors (Lipinski definition) is 2. The number of amides is 1. The van der Waals surface area contributed by atoms with Crippen LogP contribution in [0.15, 0.2) is 18.2 Å². The zero-order valence-electron chi connectivity index (χ0n) is 14.2. The van der Waals surface area contributed by atoms with Crippen LogP contribution in [0.25, 0.3) is 0 Å². The van der Waals surface area contributed by atoms with Crippen molar-refractivity contribution in [1.82, 2.24) is 0 Å². The first-order chi connectivity index (χ1) is 12.0. The van der Waals surface area contributed by atoms with E-state index in [9.17, 15) is 14.4 Å². The van der Waals surface area contributed by atoms with Gasteiger partial charge in [0.2, 0.25) is 5.91 Å². The van der Waals surface area contributed by atoms with Gasteiger partial charge in [-0.25, -0.2) is 9.59 Å². The highest BCUT2D eigenvalue weighted by Gasteiger charge is 2.27. The fourth-order valence-electron chi connectivity index (χ4n) is 2.69. The van der Waals surface area contributed by atoms with Crippen LogP contribution in [0.2, 0.25) is 0 Å². The number of nitrogens with two attached hydrogens (primary N) is 1. The molecular weight excluding hydrogens is 328 g/mol. The summed E-state index contributed by atoms with van der Waals surface area (Å²) in [5.74, 6) is -1.62. The SMILES string of the molecule is COC(=O)c1cc(NC(=O)C(N)C2CCOCC2)cc(C(=O)OC)c1. The topological polar surface area (TPSA) is 117 Å². The normalized spacial score (nSPS) is 16.0. The maximum Gasteiger partial charge on any atom is 0.337 e. The molecule has 1 unspecified atom stereocenters. The van der Waals surface area contributed by atoms with Gasteiger partial charge in [-0.05, 0) is 37.0 Å². The highest BCUT2D eigenvalue weighted by Crippen LogP contribution is 2.21. The third-order valence-corrected chi connectivity index (χ3v) is 4.12. The smallest absolute Gasteiger partial charge is 0.337 e. The first kappa shape index (κ1) is 18.9. The molecule has 25 heavy (non-hydrogen) atoms. The van der Waals surface area contributed by atoms with E-state index in [4.69, 9.17) is 10.5 Å². The standard InChI is InChI=1S/C17H22N2O6/c1-23-16(21)11-7-12(17(22)24-2)9-13(8-11)19-15(20)14(18)10-3-5-25-6-4-10/h7-10,14H,3-6,18H2,1-2H3,(H,19,20). The van der Waals surface area contributed by atoms with E-state index in [1.807, 2.05) is 0 Å². The van der Waals surface area contributed by atoms with Crippen LogP contribution in [0, 0.1) is 5.92 Å². The molecule has 1 fully saturated rings. The van der Waals surface area contributed by atoms with Gasteiger partial charge in [0, 0.05) is 18.9 Å². The van der Waals surface area contributed by atoms with Crippen molar-refractivity contribution in [3.63, 3.8) is 0 Å². The fraction of sp³-hybridized carbons (Fsp3) is 0.471. The molecule has 0 aliphatic carbocycles. The van der Waals surface area contributed by atoms with Crippen LogP contribution in [0.1, 0.15) is 33.6 Å². The van der Waals surface area contributed by atoms with Crippen molar-refractivity contribution >= 4 is 23.5 Å². The minimum Gasteiger partial charge on any atom is -0.465 e. The molecule has 8 heteroatoms. The van der Waals surface area contributed by atoms with Crippen LogP contribution in [0.4, 0.5) is 5.69 Å². The molecule has 136 valence electrons. The van der Waals surface area contributed by atoms with Crippen molar-refractivity contribution in [2.75, 3.05) is 32.8 Å². The number of hydrogen-bond acceptors (Lipinski definition) is 7. The summed E-state index contributed by atoms with van der Waals surface area (Å²) < 4.78 is 14.6. The molecule has 1 aromatic carbocycles. The van der Waals surface area contributed by atoms with Crippen molar-refractivity contribution in [3.8, 4) is 0 Å². The van der Waals surface area contributed by atoms with E-state index < -0.39 is 18.0 Å². The molecule has 0 aromatic heterocycles. The van der Waals surface area contributed by atoms with E-state index in [0.29, 0.717) is 26.1 Å². The van der Waals surface area contributed by atoms with E-state index in [2.05, 4.69) is 14.8 Å². The van der Waals surface area contributed by atoms with E-state index in [-0.39, 0.29) is 28.6 Å². The Morgan fingerprint density at radius 3 is 2.08 bits per heavy atom. The predicted octanol–water partition coefficient (Wildman–Crippen LogP) is 0.952. The zero-order valence-corrected chi connectivity index (χ0v) is 14.2. The van der Waals surface area contributed by atoms with Gasteiger partial charge in [-0.3, -0.25) is 4.79 Å². The van der Waals surface area contributed by atoms with Crippen molar-refractivity contribution < 1.29 is 28.6 Å². The van der Waals surface area contributed by atoms with E-state index in [1.165, 1.54) is 32.4 Å². The summed E-state index contributed by atoms with van der Waals surface area (Å²) in [6.45, 7) is 1.16. The minimum atomic E-state index is -0.702. The van der Waals surface area contributed by atoms with Crippen molar-refractivity contribution in [3.05, 3.63) is 29.3 Å². The monoisotopic (exact) mass is 350 g/mol. The van der Waals surface area contributed by atoms with Crippen molar-refractivity contribution in [2.45, 2.75) is 18.9 Å². The lowest BCUT2D eigenvalue weighted by molar-refractivity contribution is -0.119. The zero-order chi connectivity index (χ0) is 18.4. The average Bonchev–Trinajstić information content (AvgIpc) is 2.66. The van der Waals surface area contributed by atoms with Crippen LogP contribution in [-0.2, 0) is 19.0 Å². The molecule has 0 spiro atoms. The Morgan fingerprint density at radius 1 is 1.08 bits per heavy atom. The summed E-state index contributed by atoms with van der Waals surface area (Å²) in [4.78, 5) is 35.9. The largest absolute Gasteiger partial charge is 0.465 e. The number of ether oxygens (including phenoxy) is 3. The lowest BCUT2D eigenvalue weighted by Crippen LogP contribution is -2.44. The second-order valence-corrected chi connectivity index (χ2v) is 5.75. The number of anilines is 1. The molecule has 3 N–H and O–H groups in total. The molecule has 0 bridgehead atoms. The van der Waals surface area contributed by atoms with Crippen LogP contribution in [0.5, 0.6) is 0 Å². The summed E-state index contributed by atoms with van der Waals surface area (Å²) in [6, 6.07) is 3.48. The molecular formula is C17H22N2O6. The van der Waals surface area contributed by atoms with Crippen LogP contribution < -0.4 is 11.1 Å². The summed E-state index contributed by atoms with van der Waals surface area (Å²) in [5.41, 5.74) is 6.56. The Labute approximate surface area is 145 Å². The lowest BCUT2D eigenvalue weighted by Gasteiger charge is -2.26. The van der Waals surface area contributed by atoms with Gasteiger partial charge in [0.25, 0.3) is 0 Å². The second-order valence-electron chi connectivity index (χ2n) is 5.75. The first-order valence-electron chi connectivity index (χ1n) is 7.92. The Bertz CT molecular complexity index is 620. The molecule has 1 aromatic rings. The average molecular weight is 350 g/mol. The molecule has 1 aliphatic rings. The molecule has 8 nitrogen and oxygen atoms in total. The maximum atomic E-state index is 12.4. The maximum absolute atomic E-state index is 12.4. The summed E-state index contributed by atoms with van der Waals surface area (Å²) in [5, 5.41) is 2.66. The number of benzene rings is 1. The molecule has 1 saturated heterocycles. The lowest BCUT2D eigenvalue weighted by atomic mass is 9.92. The summed E-state index contributed by atoms with van der Waals surface area (Å²) in [6.07, 6.45) is 1.42. The van der Waals surface area contributed by atoms with Gasteiger partial charge in [-0.15, -0.1) is 0 Å². The number of esters is 2. The van der Waals surface area contributed by atoms with Gasteiger partial charge in [0.1, 0.15) is 0 Å².